The van der Waals surface area contributed by atoms with E-state index in [9.17, 15) is 4.79 Å². The number of aryl methyl sites for hydroxylation is 1. The summed E-state index contributed by atoms with van der Waals surface area (Å²) in [6, 6.07) is 16.6. The topological polar surface area (TPSA) is 85.4 Å². The van der Waals surface area contributed by atoms with Gasteiger partial charge in [0.2, 0.25) is 0 Å². The lowest BCUT2D eigenvalue weighted by Gasteiger charge is -2.29. The maximum Gasteiger partial charge on any atom is 0.300 e. The third-order valence-corrected chi connectivity index (χ3v) is 6.13. The molecule has 2 aromatic carbocycles. The molecule has 3 heterocycles. The summed E-state index contributed by atoms with van der Waals surface area (Å²) >= 11 is 0. The highest BCUT2D eigenvalue weighted by Gasteiger charge is 2.47. The van der Waals surface area contributed by atoms with E-state index in [1.54, 1.807) is 0 Å². The summed E-state index contributed by atoms with van der Waals surface area (Å²) in [6.07, 6.45) is 1.92. The molecule has 0 radical (unpaired) electrons. The Morgan fingerprint density at radius 2 is 1.87 bits per heavy atom. The van der Waals surface area contributed by atoms with Crippen LogP contribution in [0, 0.1) is 18.8 Å². The van der Waals surface area contributed by atoms with Crippen LogP contribution >= 0.6 is 0 Å². The Hall–Kier alpha value is -3.12. The van der Waals surface area contributed by atoms with Crippen LogP contribution in [0.2, 0.25) is 0 Å². The predicted octanol–water partition coefficient (Wildman–Crippen LogP) is 3.60. The Labute approximate surface area is 175 Å². The largest absolute Gasteiger partial charge is 0.481 e. The first-order chi connectivity index (χ1) is 14.5. The van der Waals surface area contributed by atoms with E-state index in [0.717, 1.165) is 43.0 Å². The van der Waals surface area contributed by atoms with Crippen LogP contribution in [0.25, 0.3) is 10.9 Å². The van der Waals surface area contributed by atoms with Crippen molar-refractivity contribution in [3.8, 4) is 0 Å². The van der Waals surface area contributed by atoms with Gasteiger partial charge in [0.15, 0.2) is 0 Å². The average Bonchev–Trinajstić information content (AvgIpc) is 3.42. The number of hydrogen-bond donors (Lipinski definition) is 3. The van der Waals surface area contributed by atoms with Crippen molar-refractivity contribution < 1.29 is 14.7 Å². The highest BCUT2D eigenvalue weighted by molar-refractivity contribution is 5.98. The molecule has 6 nitrogen and oxygen atoms in total. The number of hydrogen-bond acceptors (Lipinski definition) is 3. The van der Waals surface area contributed by atoms with Gasteiger partial charge in [-0.3, -0.25) is 9.59 Å². The van der Waals surface area contributed by atoms with Gasteiger partial charge in [-0.2, -0.15) is 0 Å². The van der Waals surface area contributed by atoms with Crippen LogP contribution in [0.15, 0.2) is 54.7 Å². The van der Waals surface area contributed by atoms with Gasteiger partial charge in [-0.05, 0) is 48.2 Å². The summed E-state index contributed by atoms with van der Waals surface area (Å²) in [5.41, 5.74) is 4.41. The van der Waals surface area contributed by atoms with Gasteiger partial charge in [0.05, 0.1) is 6.04 Å². The van der Waals surface area contributed by atoms with Crippen LogP contribution in [-0.4, -0.2) is 46.5 Å². The third-order valence-electron chi connectivity index (χ3n) is 6.13. The molecule has 0 spiro atoms. The number of aromatic amines is 1. The van der Waals surface area contributed by atoms with Crippen molar-refractivity contribution in [2.75, 3.05) is 19.6 Å². The molecule has 0 aliphatic carbocycles. The second-order valence-corrected chi connectivity index (χ2v) is 8.14. The number of nitrogens with zero attached hydrogens (tertiary/aromatic N) is 1. The maximum absolute atomic E-state index is 13.4. The van der Waals surface area contributed by atoms with E-state index >= 15 is 0 Å². The number of carbonyl (C=O) groups is 2. The zero-order chi connectivity index (χ0) is 21.3. The molecule has 2 aliphatic heterocycles. The molecule has 30 heavy (non-hydrogen) atoms. The minimum absolute atomic E-state index is 0.149. The summed E-state index contributed by atoms with van der Waals surface area (Å²) < 4.78 is 0. The van der Waals surface area contributed by atoms with Crippen molar-refractivity contribution >= 4 is 22.8 Å². The molecule has 1 aromatic heterocycles. The predicted molar refractivity (Wildman–Crippen MR) is 116 cm³/mol. The fourth-order valence-corrected chi connectivity index (χ4v) is 4.80. The summed E-state index contributed by atoms with van der Waals surface area (Å²) in [4.78, 5) is 27.7. The number of carboxylic acid groups (broad SMARTS) is 1. The van der Waals surface area contributed by atoms with Crippen molar-refractivity contribution in [3.63, 3.8) is 0 Å². The van der Waals surface area contributed by atoms with Gasteiger partial charge in [-0.1, -0.05) is 24.3 Å². The molecular weight excluding hydrogens is 378 g/mol. The first kappa shape index (κ1) is 20.2. The van der Waals surface area contributed by atoms with E-state index in [1.807, 2.05) is 30.5 Å². The Morgan fingerprint density at radius 3 is 2.63 bits per heavy atom. The van der Waals surface area contributed by atoms with E-state index < -0.39 is 5.97 Å². The molecule has 0 unspecified atom stereocenters. The van der Waals surface area contributed by atoms with E-state index in [0.29, 0.717) is 11.8 Å². The number of amides is 1. The van der Waals surface area contributed by atoms with Gasteiger partial charge in [0.25, 0.3) is 11.9 Å². The van der Waals surface area contributed by atoms with Gasteiger partial charge in [0.1, 0.15) is 0 Å². The summed E-state index contributed by atoms with van der Waals surface area (Å²) in [7, 11) is 0. The Balaban J connectivity index is 0.000000503. The SMILES string of the molecule is CC(=O)O.Cc1ccccc1[C@H]1[C@H]2CNC[C@H]2CN1C(=O)c1ccc2[nH]ccc2c1. The van der Waals surface area contributed by atoms with Gasteiger partial charge in [0, 0.05) is 55.1 Å². The van der Waals surface area contributed by atoms with Crippen LogP contribution in [0.1, 0.15) is 34.5 Å². The number of aromatic nitrogens is 1. The number of fused-ring (bicyclic) bond motifs is 2. The molecule has 156 valence electrons. The van der Waals surface area contributed by atoms with Crippen molar-refractivity contribution in [1.29, 1.82) is 0 Å². The molecule has 2 fully saturated rings. The number of benzene rings is 2. The molecule has 0 bridgehead atoms. The molecule has 5 rings (SSSR count). The van der Waals surface area contributed by atoms with E-state index in [-0.39, 0.29) is 11.9 Å². The van der Waals surface area contributed by atoms with E-state index in [1.165, 1.54) is 11.1 Å². The van der Waals surface area contributed by atoms with Crippen LogP contribution in [0.3, 0.4) is 0 Å². The third kappa shape index (κ3) is 3.83. The van der Waals surface area contributed by atoms with Crippen molar-refractivity contribution in [2.24, 2.45) is 11.8 Å². The quantitative estimate of drug-likeness (QED) is 0.608. The molecule has 6 heteroatoms. The number of nitrogens with one attached hydrogen (secondary N) is 2. The van der Waals surface area contributed by atoms with Gasteiger partial charge in [-0.15, -0.1) is 0 Å². The standard InChI is InChI=1S/C22H23N3O.C2H4O2/c1-14-4-2-3-5-18(14)21-19-12-23-11-17(19)13-25(21)22(26)16-6-7-20-15(10-16)8-9-24-20;1-2(3)4/h2-10,17,19,21,23-24H,11-13H2,1H3;1H3,(H,3,4)/t17-,19-,21-;/m0./s1. The Kier molecular flexibility index (Phi) is 5.59. The fourth-order valence-electron chi connectivity index (χ4n) is 4.80. The van der Waals surface area contributed by atoms with Gasteiger partial charge in [-0.25, -0.2) is 0 Å². The molecule has 3 N–H and O–H groups in total. The lowest BCUT2D eigenvalue weighted by Crippen LogP contribution is -2.35. The van der Waals surface area contributed by atoms with Crippen LogP contribution < -0.4 is 5.32 Å². The number of rotatable bonds is 2. The van der Waals surface area contributed by atoms with Crippen LogP contribution in [-0.2, 0) is 4.79 Å². The second kappa shape index (κ2) is 8.32. The maximum atomic E-state index is 13.4. The lowest BCUT2D eigenvalue weighted by atomic mass is 9.87. The second-order valence-electron chi connectivity index (χ2n) is 8.14. The highest BCUT2D eigenvalue weighted by atomic mass is 16.4. The monoisotopic (exact) mass is 405 g/mol. The average molecular weight is 405 g/mol. The summed E-state index contributed by atoms with van der Waals surface area (Å²) in [5.74, 6) is 0.353. The first-order valence-electron chi connectivity index (χ1n) is 10.3. The van der Waals surface area contributed by atoms with Crippen LogP contribution in [0.5, 0.6) is 0 Å². The molecule has 2 aliphatic rings. The van der Waals surface area contributed by atoms with E-state index in [2.05, 4.69) is 46.4 Å². The molecule has 0 saturated carbocycles. The Morgan fingerprint density at radius 1 is 1.10 bits per heavy atom. The normalized spacial score (nSPS) is 22.5. The van der Waals surface area contributed by atoms with Crippen LogP contribution in [0.4, 0.5) is 0 Å². The van der Waals surface area contributed by atoms with E-state index in [4.69, 9.17) is 9.90 Å². The van der Waals surface area contributed by atoms with Crippen molar-refractivity contribution in [3.05, 3.63) is 71.4 Å². The van der Waals surface area contributed by atoms with Crippen molar-refractivity contribution in [2.45, 2.75) is 19.9 Å². The highest BCUT2D eigenvalue weighted by Crippen LogP contribution is 2.44. The number of likely N-dealkylation sites (tertiary alicyclic amines) is 1. The minimum atomic E-state index is -0.833. The summed E-state index contributed by atoms with van der Waals surface area (Å²) in [5, 5.41) is 12.0. The lowest BCUT2D eigenvalue weighted by molar-refractivity contribution is -0.134. The van der Waals surface area contributed by atoms with Crippen molar-refractivity contribution in [1.82, 2.24) is 15.2 Å². The zero-order valence-corrected chi connectivity index (χ0v) is 17.3. The molecular formula is C24H27N3O3. The first-order valence-corrected chi connectivity index (χ1v) is 10.3. The molecule has 3 aromatic rings. The zero-order valence-electron chi connectivity index (χ0n) is 17.3. The smallest absolute Gasteiger partial charge is 0.300 e. The Bertz CT molecular complexity index is 1070. The number of carboxylic acids is 1. The molecule has 1 amide bonds. The molecule has 2 saturated heterocycles. The summed E-state index contributed by atoms with van der Waals surface area (Å²) in [6.45, 7) is 6.07. The number of carbonyl (C=O) groups excluding carboxylic acids is 1. The number of aliphatic carboxylic acids is 1. The van der Waals surface area contributed by atoms with Gasteiger partial charge < -0.3 is 20.3 Å². The molecule has 3 atom stereocenters. The fraction of sp³-hybridized carbons (Fsp3) is 0.333. The number of H-pyrrole nitrogens is 1. The van der Waals surface area contributed by atoms with Gasteiger partial charge >= 0.3 is 0 Å². The minimum Gasteiger partial charge on any atom is -0.481 e.